The van der Waals surface area contributed by atoms with Crippen molar-refractivity contribution < 1.29 is 18.3 Å². The lowest BCUT2D eigenvalue weighted by Crippen LogP contribution is -2.09. The first kappa shape index (κ1) is 14.0. The van der Waals surface area contributed by atoms with E-state index in [1.165, 1.54) is 0 Å². The summed E-state index contributed by atoms with van der Waals surface area (Å²) in [6, 6.07) is 4.86. The van der Waals surface area contributed by atoms with Gasteiger partial charge >= 0.3 is 0 Å². The van der Waals surface area contributed by atoms with E-state index in [0.717, 1.165) is 5.56 Å². The molecule has 0 aliphatic heterocycles. The maximum Gasteiger partial charge on any atom is 0.178 e. The van der Waals surface area contributed by atoms with E-state index in [1.54, 1.807) is 25.3 Å². The van der Waals surface area contributed by atoms with Gasteiger partial charge in [0, 0.05) is 6.61 Å². The molecule has 1 N–H and O–H groups in total. The van der Waals surface area contributed by atoms with Crippen molar-refractivity contribution in [2.75, 3.05) is 19.5 Å². The van der Waals surface area contributed by atoms with Crippen molar-refractivity contribution >= 4 is 9.84 Å². The normalized spacial score (nSPS) is 11.5. The fourth-order valence-corrected chi connectivity index (χ4v) is 2.94. The number of benzene rings is 1. The monoisotopic (exact) mass is 258 g/mol. The van der Waals surface area contributed by atoms with Crippen LogP contribution in [0.1, 0.15) is 18.9 Å². The summed E-state index contributed by atoms with van der Waals surface area (Å²) in [5, 5.41) is 8.67. The summed E-state index contributed by atoms with van der Waals surface area (Å²) in [5.41, 5.74) is 0.873. The number of hydrogen-bond acceptors (Lipinski definition) is 4. The third-order valence-corrected chi connectivity index (χ3v) is 4.36. The minimum absolute atomic E-state index is 0.0288. The predicted molar refractivity (Wildman–Crippen MR) is 66.1 cm³/mol. The van der Waals surface area contributed by atoms with Gasteiger partial charge in [0.05, 0.1) is 17.8 Å². The molecule has 0 unspecified atom stereocenters. The number of aryl methyl sites for hydroxylation is 1. The Morgan fingerprint density at radius 1 is 1.35 bits per heavy atom. The number of rotatable bonds is 6. The topological polar surface area (TPSA) is 63.6 Å². The summed E-state index contributed by atoms with van der Waals surface area (Å²) in [6.07, 6.45) is 0.975. The van der Waals surface area contributed by atoms with E-state index in [2.05, 4.69) is 0 Å². The minimum atomic E-state index is -3.30. The maximum absolute atomic E-state index is 11.9. The number of aliphatic hydroxyl groups excluding tert-OH is 1. The van der Waals surface area contributed by atoms with Gasteiger partial charge in [0.1, 0.15) is 5.75 Å². The lowest BCUT2D eigenvalue weighted by Gasteiger charge is -2.09. The molecule has 0 fully saturated rings. The van der Waals surface area contributed by atoms with Gasteiger partial charge in [0.2, 0.25) is 0 Å². The Labute approximate surface area is 102 Å². The molecule has 1 aromatic carbocycles. The van der Waals surface area contributed by atoms with Crippen LogP contribution in [-0.2, 0) is 16.3 Å². The molecule has 17 heavy (non-hydrogen) atoms. The molecule has 0 atom stereocenters. The van der Waals surface area contributed by atoms with Crippen LogP contribution < -0.4 is 4.74 Å². The Morgan fingerprint density at radius 3 is 2.59 bits per heavy atom. The Bertz CT molecular complexity index is 465. The van der Waals surface area contributed by atoms with Crippen LogP contribution in [0.4, 0.5) is 0 Å². The number of aliphatic hydroxyl groups is 1. The number of ether oxygens (including phenoxy) is 1. The third-order valence-electron chi connectivity index (χ3n) is 2.56. The van der Waals surface area contributed by atoms with Crippen molar-refractivity contribution in [3.05, 3.63) is 23.8 Å². The molecular formula is C12H18O4S. The molecular weight excluding hydrogens is 240 g/mol. The van der Waals surface area contributed by atoms with Gasteiger partial charge < -0.3 is 9.84 Å². The summed E-state index contributed by atoms with van der Waals surface area (Å²) in [5.74, 6) is 0.674. The van der Waals surface area contributed by atoms with Crippen molar-refractivity contribution in [2.24, 2.45) is 0 Å². The zero-order chi connectivity index (χ0) is 12.9. The third kappa shape index (κ3) is 3.44. The molecule has 0 aromatic heterocycles. The van der Waals surface area contributed by atoms with Gasteiger partial charge in [-0.1, -0.05) is 6.92 Å². The van der Waals surface area contributed by atoms with Gasteiger partial charge in [-0.2, -0.15) is 0 Å². The smallest absolute Gasteiger partial charge is 0.178 e. The standard InChI is InChI=1S/C12H18O4S/c1-3-10-9-11(5-6-12(10)16-2)17(14,15)8-4-7-13/h5-6,9,13H,3-4,7-8H2,1-2H3. The molecule has 0 aliphatic rings. The second-order valence-corrected chi connectivity index (χ2v) is 5.83. The summed E-state index contributed by atoms with van der Waals surface area (Å²) >= 11 is 0. The van der Waals surface area contributed by atoms with Crippen LogP contribution >= 0.6 is 0 Å². The first-order valence-electron chi connectivity index (χ1n) is 5.55. The zero-order valence-electron chi connectivity index (χ0n) is 10.1. The molecule has 0 radical (unpaired) electrons. The van der Waals surface area contributed by atoms with E-state index in [0.29, 0.717) is 17.1 Å². The van der Waals surface area contributed by atoms with Gasteiger partial charge in [-0.3, -0.25) is 0 Å². The van der Waals surface area contributed by atoms with Gasteiger partial charge in [0.25, 0.3) is 0 Å². The maximum atomic E-state index is 11.9. The lowest BCUT2D eigenvalue weighted by molar-refractivity contribution is 0.295. The van der Waals surface area contributed by atoms with E-state index >= 15 is 0 Å². The number of methoxy groups -OCH3 is 1. The fourth-order valence-electron chi connectivity index (χ4n) is 1.60. The van der Waals surface area contributed by atoms with Crippen molar-refractivity contribution in [1.29, 1.82) is 0 Å². The molecule has 0 aliphatic carbocycles. The molecule has 5 heteroatoms. The van der Waals surface area contributed by atoms with Crippen molar-refractivity contribution in [3.63, 3.8) is 0 Å². The number of hydrogen-bond donors (Lipinski definition) is 1. The van der Waals surface area contributed by atoms with Gasteiger partial charge in [-0.15, -0.1) is 0 Å². The van der Waals surface area contributed by atoms with Gasteiger partial charge in [0.15, 0.2) is 9.84 Å². The van der Waals surface area contributed by atoms with E-state index in [4.69, 9.17) is 9.84 Å². The van der Waals surface area contributed by atoms with Crippen LogP contribution in [0.3, 0.4) is 0 Å². The van der Waals surface area contributed by atoms with Crippen LogP contribution in [0.25, 0.3) is 0 Å². The Kier molecular flexibility index (Phi) is 4.96. The summed E-state index contributed by atoms with van der Waals surface area (Å²) in [4.78, 5) is 0.295. The molecule has 1 rings (SSSR count). The van der Waals surface area contributed by atoms with E-state index in [-0.39, 0.29) is 18.8 Å². The first-order valence-corrected chi connectivity index (χ1v) is 7.21. The summed E-state index contributed by atoms with van der Waals surface area (Å²) in [6.45, 7) is 1.83. The van der Waals surface area contributed by atoms with Crippen molar-refractivity contribution in [2.45, 2.75) is 24.7 Å². The Balaban J connectivity index is 3.07. The molecule has 1 aromatic rings. The molecule has 0 saturated carbocycles. The predicted octanol–water partition coefficient (Wildman–Crippen LogP) is 1.41. The molecule has 4 nitrogen and oxygen atoms in total. The largest absolute Gasteiger partial charge is 0.496 e. The minimum Gasteiger partial charge on any atom is -0.496 e. The molecule has 0 bridgehead atoms. The quantitative estimate of drug-likeness (QED) is 0.838. The highest BCUT2D eigenvalue weighted by atomic mass is 32.2. The van der Waals surface area contributed by atoms with Crippen LogP contribution in [0.5, 0.6) is 5.75 Å². The van der Waals surface area contributed by atoms with Gasteiger partial charge in [-0.25, -0.2) is 8.42 Å². The van der Waals surface area contributed by atoms with Crippen molar-refractivity contribution in [3.8, 4) is 5.75 Å². The van der Waals surface area contributed by atoms with Crippen LogP contribution in [0, 0.1) is 0 Å². The first-order chi connectivity index (χ1) is 8.05. The Morgan fingerprint density at radius 2 is 2.06 bits per heavy atom. The molecule has 0 amide bonds. The fraction of sp³-hybridized carbons (Fsp3) is 0.500. The lowest BCUT2D eigenvalue weighted by atomic mass is 10.1. The van der Waals surface area contributed by atoms with Gasteiger partial charge in [-0.05, 0) is 36.6 Å². The molecule has 0 heterocycles. The summed E-state index contributed by atoms with van der Waals surface area (Å²) < 4.78 is 29.0. The highest BCUT2D eigenvalue weighted by Gasteiger charge is 2.15. The second-order valence-electron chi connectivity index (χ2n) is 3.72. The highest BCUT2D eigenvalue weighted by Crippen LogP contribution is 2.23. The average Bonchev–Trinajstić information content (AvgIpc) is 2.35. The average molecular weight is 258 g/mol. The highest BCUT2D eigenvalue weighted by molar-refractivity contribution is 7.91. The van der Waals surface area contributed by atoms with E-state index in [1.807, 2.05) is 6.92 Å². The Hall–Kier alpha value is -1.07. The summed E-state index contributed by atoms with van der Waals surface area (Å²) in [7, 11) is -1.73. The van der Waals surface area contributed by atoms with Crippen LogP contribution in [0.2, 0.25) is 0 Å². The van der Waals surface area contributed by atoms with Crippen LogP contribution in [0.15, 0.2) is 23.1 Å². The second kappa shape index (κ2) is 6.02. The SMILES string of the molecule is CCc1cc(S(=O)(=O)CCCO)ccc1OC. The molecule has 0 saturated heterocycles. The number of sulfone groups is 1. The molecule has 96 valence electrons. The zero-order valence-corrected chi connectivity index (χ0v) is 11.0. The van der Waals surface area contributed by atoms with E-state index in [9.17, 15) is 8.42 Å². The van der Waals surface area contributed by atoms with E-state index < -0.39 is 9.84 Å². The van der Waals surface area contributed by atoms with Crippen LogP contribution in [-0.4, -0.2) is 33.0 Å². The molecule has 0 spiro atoms. The van der Waals surface area contributed by atoms with Crippen molar-refractivity contribution in [1.82, 2.24) is 0 Å².